The summed E-state index contributed by atoms with van der Waals surface area (Å²) in [7, 11) is -1.49. The summed E-state index contributed by atoms with van der Waals surface area (Å²) in [5.41, 5.74) is 1.37. The van der Waals surface area contributed by atoms with Gasteiger partial charge in [-0.15, -0.1) is 0 Å². The number of carbonyl (C=O) groups excluding carboxylic acids is 1. The van der Waals surface area contributed by atoms with Crippen molar-refractivity contribution in [3.05, 3.63) is 41.2 Å². The lowest BCUT2D eigenvalue weighted by atomic mass is 9.89. The van der Waals surface area contributed by atoms with E-state index in [1.807, 2.05) is 19.1 Å². The van der Waals surface area contributed by atoms with Gasteiger partial charge in [-0.1, -0.05) is 26.3 Å². The number of amides is 1. The van der Waals surface area contributed by atoms with E-state index in [1.165, 1.54) is 10.8 Å². The number of methoxy groups -OCH3 is 1. The first kappa shape index (κ1) is 25.2. The highest BCUT2D eigenvalue weighted by Crippen LogP contribution is 2.30. The Morgan fingerprint density at radius 2 is 1.94 bits per heavy atom. The first-order valence-corrected chi connectivity index (χ1v) is 13.6. The van der Waals surface area contributed by atoms with Crippen molar-refractivity contribution in [2.75, 3.05) is 19.9 Å². The first-order chi connectivity index (χ1) is 15.7. The number of carbonyl (C=O) groups is 1. The molecule has 0 atom stereocenters. The molecule has 3 rings (SSSR count). The molecule has 1 heterocycles. The van der Waals surface area contributed by atoms with Crippen LogP contribution < -0.4 is 10.1 Å². The fourth-order valence-electron chi connectivity index (χ4n) is 4.51. The second-order valence-corrected chi connectivity index (χ2v) is 11.1. The number of benzene rings is 1. The average molecular weight is 480 g/mol. The van der Waals surface area contributed by atoms with Crippen molar-refractivity contribution in [2.24, 2.45) is 5.92 Å². The molecule has 2 aromatic rings. The number of halogens is 1. The number of nitrogens with one attached hydrogen (secondary N) is 1. The van der Waals surface area contributed by atoms with E-state index in [0.717, 1.165) is 31.2 Å². The number of ether oxygens (including phenoxy) is 1. The number of hydrogen-bond acceptors (Lipinski definition) is 5. The van der Waals surface area contributed by atoms with Gasteiger partial charge in [0.1, 0.15) is 21.4 Å². The predicted octanol–water partition coefficient (Wildman–Crippen LogP) is 3.87. The second kappa shape index (κ2) is 10.7. The largest absolute Gasteiger partial charge is 0.495 e. The molecule has 0 unspecified atom stereocenters. The van der Waals surface area contributed by atoms with E-state index < -0.39 is 21.7 Å². The zero-order chi connectivity index (χ0) is 24.2. The molecular weight excluding hydrogens is 445 g/mol. The summed E-state index contributed by atoms with van der Waals surface area (Å²) in [6.07, 6.45) is 6.22. The highest BCUT2D eigenvalue weighted by Gasteiger charge is 2.29. The smallest absolute Gasteiger partial charge is 0.274 e. The third-order valence-electron chi connectivity index (χ3n) is 6.40. The van der Waals surface area contributed by atoms with E-state index in [9.17, 15) is 13.2 Å². The minimum absolute atomic E-state index is 0.175. The molecule has 1 aliphatic rings. The van der Waals surface area contributed by atoms with Gasteiger partial charge in [0.15, 0.2) is 5.69 Å². The lowest BCUT2D eigenvalue weighted by Gasteiger charge is -2.27. The van der Waals surface area contributed by atoms with Gasteiger partial charge in [0.2, 0.25) is 5.95 Å². The topological polar surface area (TPSA) is 90.3 Å². The van der Waals surface area contributed by atoms with Gasteiger partial charge in [0, 0.05) is 19.2 Å². The van der Waals surface area contributed by atoms with E-state index >= 15 is 4.39 Å². The highest BCUT2D eigenvalue weighted by atomic mass is 32.2. The molecule has 7 nitrogen and oxygen atoms in total. The summed E-state index contributed by atoms with van der Waals surface area (Å²) in [4.78, 5) is 17.1. The molecule has 9 heteroatoms. The van der Waals surface area contributed by atoms with Gasteiger partial charge in [-0.05, 0) is 55.7 Å². The highest BCUT2D eigenvalue weighted by molar-refractivity contribution is 7.91. The minimum atomic E-state index is -3.03. The number of hydrogen-bond donors (Lipinski definition) is 1. The van der Waals surface area contributed by atoms with Crippen LogP contribution in [0.5, 0.6) is 5.75 Å². The Bertz CT molecular complexity index is 1090. The van der Waals surface area contributed by atoms with Crippen LogP contribution in [0.3, 0.4) is 0 Å². The SMILES string of the molecule is CCCc1ccc(-n2c(CC)nc(C(=O)NCC3CCC(S(C)(=O)=O)CC3)c2F)c(OC)c1. The number of aryl methyl sites for hydroxylation is 2. The Labute approximate surface area is 195 Å². The van der Waals surface area contributed by atoms with Gasteiger partial charge in [-0.2, -0.15) is 4.39 Å². The number of aromatic nitrogens is 2. The zero-order valence-corrected chi connectivity index (χ0v) is 20.7. The Hall–Kier alpha value is -2.42. The van der Waals surface area contributed by atoms with Crippen molar-refractivity contribution in [3.63, 3.8) is 0 Å². The summed E-state index contributed by atoms with van der Waals surface area (Å²) in [5.74, 6) is -0.136. The van der Waals surface area contributed by atoms with Crippen LogP contribution in [-0.2, 0) is 22.7 Å². The summed E-state index contributed by atoms with van der Waals surface area (Å²) >= 11 is 0. The maximum atomic E-state index is 15.4. The van der Waals surface area contributed by atoms with E-state index in [2.05, 4.69) is 17.2 Å². The Morgan fingerprint density at radius 3 is 2.52 bits per heavy atom. The molecule has 1 N–H and O–H groups in total. The van der Waals surface area contributed by atoms with Crippen LogP contribution in [0.25, 0.3) is 5.69 Å². The van der Waals surface area contributed by atoms with Crippen molar-refractivity contribution in [3.8, 4) is 11.4 Å². The molecule has 0 aliphatic heterocycles. The number of sulfone groups is 1. The fraction of sp³-hybridized carbons (Fsp3) is 0.583. The van der Waals surface area contributed by atoms with E-state index in [4.69, 9.17) is 4.74 Å². The average Bonchev–Trinajstić information content (AvgIpc) is 3.13. The minimum Gasteiger partial charge on any atom is -0.495 e. The Morgan fingerprint density at radius 1 is 1.24 bits per heavy atom. The van der Waals surface area contributed by atoms with Gasteiger partial charge in [0.25, 0.3) is 5.91 Å². The standard InChI is InChI=1S/C24H34FN3O4S/c1-5-7-16-10-13-19(20(14-16)32-3)28-21(6-2)27-22(23(28)25)24(29)26-15-17-8-11-18(12-9-17)33(4,30)31/h10,13-14,17-18H,5-9,11-12,15H2,1-4H3,(H,26,29). The number of nitrogens with zero attached hydrogens (tertiary/aromatic N) is 2. The normalized spacial score (nSPS) is 18.8. The second-order valence-electron chi connectivity index (χ2n) is 8.79. The monoisotopic (exact) mass is 479 g/mol. The van der Waals surface area contributed by atoms with E-state index in [-0.39, 0.29) is 16.9 Å². The lowest BCUT2D eigenvalue weighted by molar-refractivity contribution is 0.0934. The third-order valence-corrected chi connectivity index (χ3v) is 8.08. The zero-order valence-electron chi connectivity index (χ0n) is 19.9. The molecule has 1 amide bonds. The molecular formula is C24H34FN3O4S. The van der Waals surface area contributed by atoms with Crippen LogP contribution in [-0.4, -0.2) is 49.0 Å². The lowest BCUT2D eigenvalue weighted by Crippen LogP contribution is -2.34. The molecule has 1 aromatic heterocycles. The molecule has 1 fully saturated rings. The predicted molar refractivity (Wildman–Crippen MR) is 126 cm³/mol. The molecule has 33 heavy (non-hydrogen) atoms. The Kier molecular flexibility index (Phi) is 8.15. The molecule has 1 aromatic carbocycles. The van der Waals surface area contributed by atoms with Gasteiger partial charge in [0.05, 0.1) is 18.0 Å². The molecule has 0 radical (unpaired) electrons. The van der Waals surface area contributed by atoms with Crippen LogP contribution in [0, 0.1) is 11.9 Å². The summed E-state index contributed by atoms with van der Waals surface area (Å²) in [6, 6.07) is 5.63. The molecule has 0 bridgehead atoms. The Balaban J connectivity index is 1.76. The van der Waals surface area contributed by atoms with Gasteiger partial charge >= 0.3 is 0 Å². The van der Waals surface area contributed by atoms with Crippen LogP contribution >= 0.6 is 0 Å². The molecule has 0 spiro atoms. The van der Waals surface area contributed by atoms with Crippen molar-refractivity contribution >= 4 is 15.7 Å². The van der Waals surface area contributed by atoms with Crippen molar-refractivity contribution < 1.29 is 22.3 Å². The summed E-state index contributed by atoms with van der Waals surface area (Å²) < 4.78 is 45.8. The maximum Gasteiger partial charge on any atom is 0.274 e. The van der Waals surface area contributed by atoms with Crippen LogP contribution in [0.2, 0.25) is 0 Å². The van der Waals surface area contributed by atoms with Crippen LogP contribution in [0.4, 0.5) is 4.39 Å². The van der Waals surface area contributed by atoms with Crippen molar-refractivity contribution in [1.29, 1.82) is 0 Å². The van der Waals surface area contributed by atoms with E-state index in [1.54, 1.807) is 13.2 Å². The summed E-state index contributed by atoms with van der Waals surface area (Å²) in [5, 5.41) is 2.50. The number of rotatable bonds is 9. The van der Waals surface area contributed by atoms with E-state index in [0.29, 0.717) is 43.1 Å². The maximum absolute atomic E-state index is 15.4. The van der Waals surface area contributed by atoms with Crippen LogP contribution in [0.1, 0.15) is 67.8 Å². The molecule has 0 saturated heterocycles. The number of imidazole rings is 1. The molecule has 1 saturated carbocycles. The van der Waals surface area contributed by atoms with Gasteiger partial charge in [-0.3, -0.25) is 9.36 Å². The molecule has 182 valence electrons. The van der Waals surface area contributed by atoms with Crippen molar-refractivity contribution in [1.82, 2.24) is 14.9 Å². The quantitative estimate of drug-likeness (QED) is 0.590. The van der Waals surface area contributed by atoms with Gasteiger partial charge in [-0.25, -0.2) is 13.4 Å². The first-order valence-electron chi connectivity index (χ1n) is 11.6. The third kappa shape index (κ3) is 5.75. The van der Waals surface area contributed by atoms with Gasteiger partial charge < -0.3 is 10.1 Å². The summed E-state index contributed by atoms with van der Waals surface area (Å²) in [6.45, 7) is 4.32. The van der Waals surface area contributed by atoms with Crippen LogP contribution in [0.15, 0.2) is 18.2 Å². The van der Waals surface area contributed by atoms with Crippen molar-refractivity contribution in [2.45, 2.75) is 64.0 Å². The molecule has 1 aliphatic carbocycles. The fourth-order valence-corrected chi connectivity index (χ4v) is 5.64.